The van der Waals surface area contributed by atoms with Gasteiger partial charge in [0.05, 0.1) is 5.56 Å². The van der Waals surface area contributed by atoms with E-state index in [9.17, 15) is 22.0 Å². The second-order valence-corrected chi connectivity index (χ2v) is 4.34. The number of hydrogen-bond donors (Lipinski definition) is 0. The Morgan fingerprint density at radius 1 is 0.789 bits per heavy atom. The predicted molar refractivity (Wildman–Crippen MR) is 61.4 cm³/mol. The minimum atomic E-state index is -2.19. The van der Waals surface area contributed by atoms with E-state index in [4.69, 9.17) is 11.6 Å². The van der Waals surface area contributed by atoms with E-state index in [0.29, 0.717) is 5.56 Å². The Balaban J connectivity index is 2.87. The maximum Gasteiger partial charge on any atom is 0.200 e. The van der Waals surface area contributed by atoms with Crippen molar-refractivity contribution in [1.82, 2.24) is 0 Å². The molecule has 0 saturated heterocycles. The molecule has 0 bridgehead atoms. The fraction of sp³-hybridized carbons (Fsp3) is 0.0769. The van der Waals surface area contributed by atoms with Crippen molar-refractivity contribution >= 4 is 11.6 Å². The Morgan fingerprint density at radius 2 is 1.26 bits per heavy atom. The van der Waals surface area contributed by atoms with Crippen molar-refractivity contribution in [2.45, 2.75) is 6.92 Å². The van der Waals surface area contributed by atoms with Crippen molar-refractivity contribution in [2.24, 2.45) is 0 Å². The van der Waals surface area contributed by atoms with Gasteiger partial charge in [-0.1, -0.05) is 23.2 Å². The molecule has 0 aliphatic carbocycles. The van der Waals surface area contributed by atoms with Crippen LogP contribution in [0.15, 0.2) is 18.2 Å². The van der Waals surface area contributed by atoms with Gasteiger partial charge >= 0.3 is 0 Å². The molecule has 0 fully saturated rings. The molecule has 0 amide bonds. The van der Waals surface area contributed by atoms with Gasteiger partial charge in [0.15, 0.2) is 23.3 Å². The Morgan fingerprint density at radius 3 is 1.79 bits per heavy atom. The van der Waals surface area contributed by atoms with E-state index in [-0.39, 0.29) is 10.6 Å². The molecule has 0 aromatic heterocycles. The van der Waals surface area contributed by atoms with Crippen LogP contribution in [-0.4, -0.2) is 0 Å². The highest BCUT2D eigenvalue weighted by Gasteiger charge is 2.27. The van der Waals surface area contributed by atoms with Crippen LogP contribution >= 0.6 is 11.6 Å². The lowest BCUT2D eigenvalue weighted by Crippen LogP contribution is -2.04. The second kappa shape index (κ2) is 4.81. The van der Waals surface area contributed by atoms with Crippen LogP contribution in [-0.2, 0) is 0 Å². The number of hydrogen-bond acceptors (Lipinski definition) is 0. The molecule has 0 radical (unpaired) electrons. The van der Waals surface area contributed by atoms with Gasteiger partial charge in [-0.25, -0.2) is 22.0 Å². The monoisotopic (exact) mass is 292 g/mol. The minimum Gasteiger partial charge on any atom is -0.203 e. The van der Waals surface area contributed by atoms with Crippen LogP contribution < -0.4 is 0 Å². The van der Waals surface area contributed by atoms with Gasteiger partial charge in [-0.05, 0) is 19.1 Å². The molecular weight excluding hydrogens is 287 g/mol. The van der Waals surface area contributed by atoms with Gasteiger partial charge in [-0.15, -0.1) is 0 Å². The van der Waals surface area contributed by atoms with Crippen molar-refractivity contribution in [2.75, 3.05) is 0 Å². The van der Waals surface area contributed by atoms with Crippen LogP contribution in [0.3, 0.4) is 0 Å². The van der Waals surface area contributed by atoms with Gasteiger partial charge in [0.2, 0.25) is 5.82 Å². The van der Waals surface area contributed by atoms with E-state index in [1.807, 2.05) is 0 Å². The lowest BCUT2D eigenvalue weighted by Gasteiger charge is -2.10. The van der Waals surface area contributed by atoms with E-state index < -0.39 is 34.6 Å². The highest BCUT2D eigenvalue weighted by molar-refractivity contribution is 6.33. The molecule has 0 spiro atoms. The number of rotatable bonds is 1. The van der Waals surface area contributed by atoms with Crippen LogP contribution in [0.2, 0.25) is 5.02 Å². The largest absolute Gasteiger partial charge is 0.203 e. The molecule has 2 rings (SSSR count). The third-order valence-corrected chi connectivity index (χ3v) is 2.93. The van der Waals surface area contributed by atoms with Crippen molar-refractivity contribution in [3.8, 4) is 11.1 Å². The normalized spacial score (nSPS) is 10.9. The Bertz CT molecular complexity index is 638. The summed E-state index contributed by atoms with van der Waals surface area (Å²) in [5.41, 5.74) is -0.692. The maximum atomic E-state index is 13.6. The summed E-state index contributed by atoms with van der Waals surface area (Å²) in [5, 5.41) is -0.103. The molecule has 0 heterocycles. The first-order valence-electron chi connectivity index (χ1n) is 5.12. The average Bonchev–Trinajstić information content (AvgIpc) is 2.38. The molecular formula is C13H6ClF5. The lowest BCUT2D eigenvalue weighted by molar-refractivity contribution is 0.381. The first-order valence-corrected chi connectivity index (χ1v) is 5.50. The standard InChI is InChI=1S/C13H6ClF5/c1-5-2-3-7(14)6(4-5)8-9(15)11(17)13(19)12(18)10(8)16/h2-4H,1H3. The average molecular weight is 293 g/mol. The third kappa shape index (κ3) is 2.18. The molecule has 0 aliphatic heterocycles. The first kappa shape index (κ1) is 13.8. The number of benzene rings is 2. The summed E-state index contributed by atoms with van der Waals surface area (Å²) in [6.45, 7) is 1.60. The van der Waals surface area contributed by atoms with Crippen LogP contribution in [0.1, 0.15) is 5.56 Å². The van der Waals surface area contributed by atoms with Crippen LogP contribution in [0.25, 0.3) is 11.1 Å². The summed E-state index contributed by atoms with van der Waals surface area (Å²) in [5.74, 6) is -9.98. The topological polar surface area (TPSA) is 0 Å². The van der Waals surface area contributed by atoms with Gasteiger partial charge in [0, 0.05) is 10.6 Å². The van der Waals surface area contributed by atoms with E-state index in [1.54, 1.807) is 13.0 Å². The molecule has 2 aromatic rings. The zero-order valence-corrected chi connectivity index (χ0v) is 10.3. The number of aryl methyl sites for hydroxylation is 1. The van der Waals surface area contributed by atoms with Gasteiger partial charge < -0.3 is 0 Å². The molecule has 19 heavy (non-hydrogen) atoms. The van der Waals surface area contributed by atoms with Crippen LogP contribution in [0.5, 0.6) is 0 Å². The number of halogens is 6. The summed E-state index contributed by atoms with van der Waals surface area (Å²) in [4.78, 5) is 0. The zero-order valence-electron chi connectivity index (χ0n) is 9.50. The fourth-order valence-corrected chi connectivity index (χ4v) is 1.88. The van der Waals surface area contributed by atoms with Gasteiger partial charge in [0.1, 0.15) is 0 Å². The van der Waals surface area contributed by atoms with Crippen molar-refractivity contribution < 1.29 is 22.0 Å². The summed E-state index contributed by atoms with van der Waals surface area (Å²) in [6, 6.07) is 4.13. The highest BCUT2D eigenvalue weighted by atomic mass is 35.5. The van der Waals surface area contributed by atoms with E-state index in [1.165, 1.54) is 12.1 Å². The molecule has 0 nitrogen and oxygen atoms in total. The first-order chi connectivity index (χ1) is 8.84. The Labute approximate surface area is 110 Å². The van der Waals surface area contributed by atoms with E-state index >= 15 is 0 Å². The summed E-state index contributed by atoms with van der Waals surface area (Å²) in [6.07, 6.45) is 0. The van der Waals surface area contributed by atoms with Gasteiger partial charge in [0.25, 0.3) is 0 Å². The summed E-state index contributed by atoms with van der Waals surface area (Å²) < 4.78 is 66.4. The SMILES string of the molecule is Cc1ccc(Cl)c(-c2c(F)c(F)c(F)c(F)c2F)c1. The zero-order chi connectivity index (χ0) is 14.3. The van der Waals surface area contributed by atoms with Crippen LogP contribution in [0.4, 0.5) is 22.0 Å². The summed E-state index contributed by atoms with van der Waals surface area (Å²) in [7, 11) is 0. The molecule has 100 valence electrons. The summed E-state index contributed by atoms with van der Waals surface area (Å²) >= 11 is 5.75. The predicted octanol–water partition coefficient (Wildman–Crippen LogP) is 5.01. The highest BCUT2D eigenvalue weighted by Crippen LogP contribution is 2.35. The van der Waals surface area contributed by atoms with Gasteiger partial charge in [-0.3, -0.25) is 0 Å². The van der Waals surface area contributed by atoms with E-state index in [2.05, 4.69) is 0 Å². The molecule has 2 aromatic carbocycles. The third-order valence-electron chi connectivity index (χ3n) is 2.60. The van der Waals surface area contributed by atoms with Crippen molar-refractivity contribution in [3.63, 3.8) is 0 Å². The second-order valence-electron chi connectivity index (χ2n) is 3.93. The molecule has 6 heteroatoms. The smallest absolute Gasteiger partial charge is 0.200 e. The molecule has 0 unspecified atom stereocenters. The van der Waals surface area contributed by atoms with Crippen LogP contribution in [0, 0.1) is 36.0 Å². The molecule has 0 N–H and O–H groups in total. The quantitative estimate of drug-likeness (QED) is 0.394. The van der Waals surface area contributed by atoms with Gasteiger partial charge in [-0.2, -0.15) is 0 Å². The maximum absolute atomic E-state index is 13.6. The van der Waals surface area contributed by atoms with Crippen molar-refractivity contribution in [3.05, 3.63) is 57.9 Å². The molecule has 0 saturated carbocycles. The minimum absolute atomic E-state index is 0.103. The molecule has 0 aliphatic rings. The Hall–Kier alpha value is -1.62. The van der Waals surface area contributed by atoms with Crippen molar-refractivity contribution in [1.29, 1.82) is 0 Å². The Kier molecular flexibility index (Phi) is 3.49. The lowest BCUT2D eigenvalue weighted by atomic mass is 10.0. The molecule has 0 atom stereocenters. The van der Waals surface area contributed by atoms with E-state index in [0.717, 1.165) is 0 Å². The fourth-order valence-electron chi connectivity index (χ4n) is 1.67.